The van der Waals surface area contributed by atoms with Crippen LogP contribution in [0.5, 0.6) is 0 Å². The Morgan fingerprint density at radius 1 is 1.65 bits per heavy atom. The number of aromatic amines is 1. The van der Waals surface area contributed by atoms with Gasteiger partial charge in [-0.05, 0) is 12.8 Å². The van der Waals surface area contributed by atoms with Gasteiger partial charge in [-0.2, -0.15) is 5.10 Å². The highest BCUT2D eigenvalue weighted by Gasteiger charge is 2.18. The second-order valence-corrected chi connectivity index (χ2v) is 3.80. The summed E-state index contributed by atoms with van der Waals surface area (Å²) in [6.45, 7) is 3.95. The van der Waals surface area contributed by atoms with E-state index >= 15 is 0 Å². The summed E-state index contributed by atoms with van der Waals surface area (Å²) >= 11 is 0. The lowest BCUT2D eigenvalue weighted by atomic mass is 10.1. The maximum atomic E-state index is 11.9. The van der Waals surface area contributed by atoms with E-state index in [9.17, 15) is 4.79 Å². The highest BCUT2D eigenvalue weighted by Crippen LogP contribution is 2.14. The molecule has 1 atom stereocenters. The Bertz CT molecular complexity index is 430. The maximum absolute atomic E-state index is 11.9. The molecule has 1 aromatic rings. The molecule has 0 radical (unpaired) electrons. The number of hydrogen-bond donors (Lipinski definition) is 3. The van der Waals surface area contributed by atoms with Crippen LogP contribution in [0.25, 0.3) is 0 Å². The minimum Gasteiger partial charge on any atom is -0.395 e. The number of carbonyl (C=O) groups is 1. The fraction of sp³-hybridized carbons (Fsp3) is 0.500. The molecule has 0 spiro atoms. The first-order valence-electron chi connectivity index (χ1n) is 5.73. The topological polar surface area (TPSA) is 83.8 Å². The molecule has 17 heavy (non-hydrogen) atoms. The molecular weight excluding hydrogens is 216 g/mol. The van der Waals surface area contributed by atoms with Crippen molar-refractivity contribution in [2.24, 2.45) is 0 Å². The number of rotatable bonds is 5. The maximum Gasteiger partial charge on any atom is 0.274 e. The van der Waals surface area contributed by atoms with Crippen molar-refractivity contribution in [3.05, 3.63) is 11.4 Å². The molecular formula is C12H18N4O. The van der Waals surface area contributed by atoms with Crippen LogP contribution in [0.4, 0.5) is 5.69 Å². The fourth-order valence-electron chi connectivity index (χ4n) is 1.54. The number of carbonyl (C=O) groups excluding carboxylic acids is 1. The summed E-state index contributed by atoms with van der Waals surface area (Å²) < 4.78 is 0. The van der Waals surface area contributed by atoms with Gasteiger partial charge >= 0.3 is 0 Å². The van der Waals surface area contributed by atoms with Gasteiger partial charge in [0.15, 0.2) is 5.69 Å². The average Bonchev–Trinajstić information content (AvgIpc) is 2.69. The molecule has 5 nitrogen and oxygen atoms in total. The summed E-state index contributed by atoms with van der Waals surface area (Å²) in [5.74, 6) is 2.21. The second kappa shape index (κ2) is 5.94. The Morgan fingerprint density at radius 3 is 2.82 bits per heavy atom. The fourth-order valence-corrected chi connectivity index (χ4v) is 1.54. The van der Waals surface area contributed by atoms with Crippen LogP contribution in [0, 0.1) is 12.3 Å². The second-order valence-electron chi connectivity index (χ2n) is 3.80. The Labute approximate surface area is 101 Å². The molecule has 0 aliphatic heterocycles. The van der Waals surface area contributed by atoms with Crippen LogP contribution in [0.1, 0.15) is 42.9 Å². The highest BCUT2D eigenvalue weighted by molar-refractivity contribution is 5.97. The number of aryl methyl sites for hydroxylation is 1. The first-order valence-corrected chi connectivity index (χ1v) is 5.73. The van der Waals surface area contributed by atoms with Crippen molar-refractivity contribution < 1.29 is 4.79 Å². The van der Waals surface area contributed by atoms with Gasteiger partial charge in [-0.1, -0.05) is 26.2 Å². The van der Waals surface area contributed by atoms with E-state index in [0.29, 0.717) is 12.1 Å². The molecule has 1 heterocycles. The van der Waals surface area contributed by atoms with Gasteiger partial charge in [0.05, 0.1) is 17.4 Å². The summed E-state index contributed by atoms with van der Waals surface area (Å²) in [5, 5.41) is 9.37. The number of hydrogen-bond acceptors (Lipinski definition) is 3. The number of amides is 1. The molecule has 5 heteroatoms. The molecule has 1 aromatic heterocycles. The number of aromatic nitrogens is 2. The monoisotopic (exact) mass is 234 g/mol. The van der Waals surface area contributed by atoms with Gasteiger partial charge in [0.2, 0.25) is 0 Å². The van der Waals surface area contributed by atoms with E-state index in [2.05, 4.69) is 21.4 Å². The SMILES string of the molecule is C#CC(CCC)NC(=O)c1n[nH]c(CC)c1N. The average molecular weight is 234 g/mol. The zero-order valence-corrected chi connectivity index (χ0v) is 10.2. The number of H-pyrrole nitrogens is 1. The molecule has 1 unspecified atom stereocenters. The van der Waals surface area contributed by atoms with Crippen LogP contribution >= 0.6 is 0 Å². The van der Waals surface area contributed by atoms with Gasteiger partial charge in [-0.15, -0.1) is 6.42 Å². The van der Waals surface area contributed by atoms with Crippen LogP contribution in [-0.4, -0.2) is 22.1 Å². The number of nitrogens with one attached hydrogen (secondary N) is 2. The third-order valence-electron chi connectivity index (χ3n) is 2.54. The van der Waals surface area contributed by atoms with Crippen molar-refractivity contribution in [3.63, 3.8) is 0 Å². The number of anilines is 1. The molecule has 1 rings (SSSR count). The Kier molecular flexibility index (Phi) is 4.58. The Morgan fingerprint density at radius 2 is 2.35 bits per heavy atom. The lowest BCUT2D eigenvalue weighted by molar-refractivity contribution is 0.0940. The van der Waals surface area contributed by atoms with E-state index in [1.165, 1.54) is 0 Å². The summed E-state index contributed by atoms with van der Waals surface area (Å²) in [5.41, 5.74) is 7.19. The van der Waals surface area contributed by atoms with E-state index in [1.807, 2.05) is 13.8 Å². The molecule has 0 saturated heterocycles. The van der Waals surface area contributed by atoms with E-state index in [1.54, 1.807) is 0 Å². The minimum absolute atomic E-state index is 0.221. The van der Waals surface area contributed by atoms with Gasteiger partial charge in [-0.3, -0.25) is 9.89 Å². The zero-order chi connectivity index (χ0) is 12.8. The molecule has 1 amide bonds. The van der Waals surface area contributed by atoms with Crippen molar-refractivity contribution >= 4 is 11.6 Å². The third-order valence-corrected chi connectivity index (χ3v) is 2.54. The molecule has 4 N–H and O–H groups in total. The van der Waals surface area contributed by atoms with Crippen molar-refractivity contribution in [2.45, 2.75) is 39.2 Å². The molecule has 0 fully saturated rings. The largest absolute Gasteiger partial charge is 0.395 e. The van der Waals surface area contributed by atoms with Gasteiger partial charge < -0.3 is 11.1 Å². The molecule has 0 bridgehead atoms. The number of nitrogens with zero attached hydrogens (tertiary/aromatic N) is 1. The lowest BCUT2D eigenvalue weighted by Crippen LogP contribution is -2.34. The van der Waals surface area contributed by atoms with E-state index in [-0.39, 0.29) is 17.6 Å². The minimum atomic E-state index is -0.324. The Hall–Kier alpha value is -1.96. The van der Waals surface area contributed by atoms with Crippen LogP contribution in [0.3, 0.4) is 0 Å². The van der Waals surface area contributed by atoms with Crippen LogP contribution in [-0.2, 0) is 6.42 Å². The summed E-state index contributed by atoms with van der Waals surface area (Å²) in [7, 11) is 0. The van der Waals surface area contributed by atoms with Crippen LogP contribution in [0.2, 0.25) is 0 Å². The molecule has 0 saturated carbocycles. The molecule has 0 aliphatic rings. The first kappa shape index (κ1) is 13.1. The molecule has 0 aliphatic carbocycles. The molecule has 92 valence electrons. The highest BCUT2D eigenvalue weighted by atomic mass is 16.2. The predicted octanol–water partition coefficient (Wildman–Crippen LogP) is 1.09. The van der Waals surface area contributed by atoms with Crippen molar-refractivity contribution in [2.75, 3.05) is 5.73 Å². The van der Waals surface area contributed by atoms with E-state index < -0.39 is 0 Å². The number of nitrogen functional groups attached to an aromatic ring is 1. The van der Waals surface area contributed by atoms with Gasteiger partial charge in [0.25, 0.3) is 5.91 Å². The van der Waals surface area contributed by atoms with Crippen molar-refractivity contribution in [1.29, 1.82) is 0 Å². The smallest absolute Gasteiger partial charge is 0.274 e. The van der Waals surface area contributed by atoms with Crippen LogP contribution in [0.15, 0.2) is 0 Å². The predicted molar refractivity (Wildman–Crippen MR) is 67.4 cm³/mol. The van der Waals surface area contributed by atoms with Crippen molar-refractivity contribution in [1.82, 2.24) is 15.5 Å². The van der Waals surface area contributed by atoms with Gasteiger partial charge in [0.1, 0.15) is 0 Å². The normalized spacial score (nSPS) is 11.8. The Balaban J connectivity index is 2.76. The third kappa shape index (κ3) is 3.00. The lowest BCUT2D eigenvalue weighted by Gasteiger charge is -2.10. The molecule has 0 aromatic carbocycles. The number of terminal acetylenes is 1. The van der Waals surface area contributed by atoms with E-state index in [4.69, 9.17) is 12.2 Å². The van der Waals surface area contributed by atoms with Gasteiger partial charge in [-0.25, -0.2) is 0 Å². The standard InChI is InChI=1S/C12H18N4O/c1-4-7-8(5-2)14-12(17)11-10(13)9(6-3)15-16-11/h2,8H,4,6-7,13H2,1,3H3,(H,14,17)(H,15,16). The summed E-state index contributed by atoms with van der Waals surface area (Å²) in [6.07, 6.45) is 7.69. The van der Waals surface area contributed by atoms with Crippen molar-refractivity contribution in [3.8, 4) is 12.3 Å². The number of nitrogens with two attached hydrogens (primary N) is 1. The van der Waals surface area contributed by atoms with Crippen LogP contribution < -0.4 is 11.1 Å². The quantitative estimate of drug-likeness (QED) is 0.667. The zero-order valence-electron chi connectivity index (χ0n) is 10.2. The summed E-state index contributed by atoms with van der Waals surface area (Å²) in [6, 6.07) is -0.270. The summed E-state index contributed by atoms with van der Waals surface area (Å²) in [4.78, 5) is 11.9. The first-order chi connectivity index (χ1) is 8.13. The van der Waals surface area contributed by atoms with E-state index in [0.717, 1.165) is 18.5 Å². The van der Waals surface area contributed by atoms with Gasteiger partial charge in [0, 0.05) is 0 Å².